The van der Waals surface area contributed by atoms with Gasteiger partial charge < -0.3 is 0 Å². The summed E-state index contributed by atoms with van der Waals surface area (Å²) in [5, 5.41) is 12.1. The van der Waals surface area contributed by atoms with Crippen LogP contribution in [-0.4, -0.2) is 10.9 Å². The van der Waals surface area contributed by atoms with Crippen molar-refractivity contribution in [3.05, 3.63) is 81.8 Å². The number of nitriles is 1. The van der Waals surface area contributed by atoms with Gasteiger partial charge in [0.05, 0.1) is 17.8 Å². The highest BCUT2D eigenvalue weighted by Gasteiger charge is 2.14. The monoisotopic (exact) mass is 365 g/mol. The van der Waals surface area contributed by atoms with Gasteiger partial charge in [0.2, 0.25) is 0 Å². The van der Waals surface area contributed by atoms with Crippen LogP contribution in [0.25, 0.3) is 11.6 Å². The molecule has 1 amide bonds. The van der Waals surface area contributed by atoms with Gasteiger partial charge in [-0.1, -0.05) is 65.4 Å². The molecule has 0 bridgehead atoms. The number of amides is 1. The van der Waals surface area contributed by atoms with E-state index in [1.807, 2.05) is 30.3 Å². The van der Waals surface area contributed by atoms with E-state index < -0.39 is 0 Å². The van der Waals surface area contributed by atoms with Gasteiger partial charge in [-0.2, -0.15) is 5.26 Å². The molecule has 0 saturated carbocycles. The smallest absolute Gasteiger partial charge is 0.258 e. The van der Waals surface area contributed by atoms with Crippen molar-refractivity contribution in [2.45, 2.75) is 0 Å². The molecule has 3 aromatic rings. The molecular formula is C19H12ClN3OS. The van der Waals surface area contributed by atoms with Crippen molar-refractivity contribution in [2.24, 2.45) is 0 Å². The Morgan fingerprint density at radius 3 is 2.48 bits per heavy atom. The lowest BCUT2D eigenvalue weighted by molar-refractivity contribution is -0.111. The second-order valence-corrected chi connectivity index (χ2v) is 6.74. The Morgan fingerprint density at radius 2 is 1.88 bits per heavy atom. The maximum absolute atomic E-state index is 12.8. The fourth-order valence-electron chi connectivity index (χ4n) is 2.20. The van der Waals surface area contributed by atoms with Gasteiger partial charge in [-0.3, -0.25) is 10.1 Å². The highest BCUT2D eigenvalue weighted by atomic mass is 35.5. The lowest BCUT2D eigenvalue weighted by Crippen LogP contribution is -2.13. The van der Waals surface area contributed by atoms with Crippen molar-refractivity contribution in [3.8, 4) is 6.07 Å². The third-order valence-corrected chi connectivity index (χ3v) is 4.41. The van der Waals surface area contributed by atoms with Crippen molar-refractivity contribution in [1.29, 1.82) is 5.26 Å². The van der Waals surface area contributed by atoms with E-state index in [9.17, 15) is 4.79 Å². The van der Waals surface area contributed by atoms with Crippen LogP contribution in [-0.2, 0) is 4.79 Å². The van der Waals surface area contributed by atoms with Crippen molar-refractivity contribution in [1.82, 2.24) is 4.98 Å². The van der Waals surface area contributed by atoms with Crippen LogP contribution in [0.4, 0.5) is 5.13 Å². The van der Waals surface area contributed by atoms with Gasteiger partial charge in [-0.25, -0.2) is 4.98 Å². The molecule has 0 aliphatic rings. The Bertz CT molecular complexity index is 956. The van der Waals surface area contributed by atoms with Gasteiger partial charge >= 0.3 is 0 Å². The molecule has 1 aromatic heterocycles. The Hall–Kier alpha value is -2.94. The van der Waals surface area contributed by atoms with Crippen LogP contribution in [0.15, 0.2) is 60.8 Å². The molecule has 0 unspecified atom stereocenters. The zero-order chi connectivity index (χ0) is 17.6. The summed E-state index contributed by atoms with van der Waals surface area (Å²) in [6.45, 7) is 0. The van der Waals surface area contributed by atoms with Gasteiger partial charge in [-0.05, 0) is 29.3 Å². The van der Waals surface area contributed by atoms with Gasteiger partial charge in [0.15, 0.2) is 5.13 Å². The number of aromatic nitrogens is 1. The lowest BCUT2D eigenvalue weighted by Gasteiger charge is -2.08. The molecule has 6 heteroatoms. The first kappa shape index (κ1) is 16.9. The second kappa shape index (κ2) is 7.75. The number of nitrogens with one attached hydrogen (secondary N) is 1. The Balaban J connectivity index is 1.97. The van der Waals surface area contributed by atoms with Gasteiger partial charge in [-0.15, -0.1) is 0 Å². The normalized spacial score (nSPS) is 11.0. The first-order valence-electron chi connectivity index (χ1n) is 7.35. The molecule has 1 heterocycles. The molecular weight excluding hydrogens is 354 g/mol. The predicted molar refractivity (Wildman–Crippen MR) is 101 cm³/mol. The van der Waals surface area contributed by atoms with Crippen LogP contribution in [0.1, 0.15) is 16.7 Å². The maximum Gasteiger partial charge on any atom is 0.258 e. The third-order valence-electron chi connectivity index (χ3n) is 3.38. The number of hydrogen-bond acceptors (Lipinski definition) is 4. The molecule has 122 valence electrons. The summed E-state index contributed by atoms with van der Waals surface area (Å²) in [5.41, 5.74) is 2.62. The number of thiazole rings is 1. The van der Waals surface area contributed by atoms with Crippen LogP contribution < -0.4 is 5.32 Å². The summed E-state index contributed by atoms with van der Waals surface area (Å²) in [6, 6.07) is 18.5. The Kier molecular flexibility index (Phi) is 5.24. The van der Waals surface area contributed by atoms with Crippen LogP contribution in [0.3, 0.4) is 0 Å². The Morgan fingerprint density at radius 1 is 1.16 bits per heavy atom. The first-order chi connectivity index (χ1) is 12.2. The zero-order valence-corrected chi connectivity index (χ0v) is 14.5. The highest BCUT2D eigenvalue weighted by Crippen LogP contribution is 2.25. The second-order valence-electron chi connectivity index (χ2n) is 5.08. The van der Waals surface area contributed by atoms with E-state index in [-0.39, 0.29) is 5.91 Å². The molecule has 4 nitrogen and oxygen atoms in total. The van der Waals surface area contributed by atoms with E-state index in [4.69, 9.17) is 16.9 Å². The van der Waals surface area contributed by atoms with Crippen LogP contribution in [0.5, 0.6) is 0 Å². The number of carbonyl (C=O) groups excluding carboxylic acids is 1. The number of carbonyl (C=O) groups is 1. The number of rotatable bonds is 4. The average molecular weight is 366 g/mol. The number of halogens is 1. The average Bonchev–Trinajstić information content (AvgIpc) is 3.05. The summed E-state index contributed by atoms with van der Waals surface area (Å²) in [7, 11) is 0. The SMILES string of the molecule is N#Cc1ccc(C(=Cc2ccccc2)C(=O)Nc2ncc(Cl)s2)cc1. The number of hydrogen-bond donors (Lipinski definition) is 1. The largest absolute Gasteiger partial charge is 0.298 e. The van der Waals surface area contributed by atoms with E-state index in [2.05, 4.69) is 16.4 Å². The lowest BCUT2D eigenvalue weighted by atomic mass is 10.0. The van der Waals surface area contributed by atoms with Gasteiger partial charge in [0.25, 0.3) is 5.91 Å². The van der Waals surface area contributed by atoms with Crippen molar-refractivity contribution >= 4 is 45.6 Å². The molecule has 3 rings (SSSR count). The van der Waals surface area contributed by atoms with Crippen molar-refractivity contribution in [2.75, 3.05) is 5.32 Å². The fourth-order valence-corrected chi connectivity index (χ4v) is 3.00. The first-order valence-corrected chi connectivity index (χ1v) is 8.55. The summed E-state index contributed by atoms with van der Waals surface area (Å²) in [6.07, 6.45) is 3.29. The standard InChI is InChI=1S/C19H12ClN3OS/c20-17-12-22-19(25-17)23-18(24)16(10-13-4-2-1-3-5-13)15-8-6-14(11-21)7-9-15/h1-10,12H,(H,22,23,24). The summed E-state index contributed by atoms with van der Waals surface area (Å²) < 4.78 is 0.502. The molecule has 2 aromatic carbocycles. The van der Waals surface area contributed by atoms with E-state index in [1.54, 1.807) is 30.3 Å². The van der Waals surface area contributed by atoms with Crippen LogP contribution in [0.2, 0.25) is 4.34 Å². The molecule has 0 aliphatic heterocycles. The minimum atomic E-state index is -0.292. The highest BCUT2D eigenvalue weighted by molar-refractivity contribution is 7.19. The molecule has 0 spiro atoms. The molecule has 0 atom stereocenters. The molecule has 25 heavy (non-hydrogen) atoms. The number of benzene rings is 2. The minimum absolute atomic E-state index is 0.292. The van der Waals surface area contributed by atoms with E-state index in [1.165, 1.54) is 17.5 Å². The topological polar surface area (TPSA) is 65.8 Å². The maximum atomic E-state index is 12.8. The van der Waals surface area contributed by atoms with Gasteiger partial charge in [0.1, 0.15) is 4.34 Å². The quantitative estimate of drug-likeness (QED) is 0.531. The summed E-state index contributed by atoms with van der Waals surface area (Å²) in [4.78, 5) is 16.8. The minimum Gasteiger partial charge on any atom is -0.298 e. The van der Waals surface area contributed by atoms with Crippen LogP contribution >= 0.6 is 22.9 Å². The van der Waals surface area contributed by atoms with Crippen molar-refractivity contribution in [3.63, 3.8) is 0 Å². The summed E-state index contributed by atoms with van der Waals surface area (Å²) in [5.74, 6) is -0.292. The van der Waals surface area contributed by atoms with E-state index in [0.717, 1.165) is 5.56 Å². The van der Waals surface area contributed by atoms with Gasteiger partial charge in [0, 0.05) is 5.57 Å². The van der Waals surface area contributed by atoms with Crippen molar-refractivity contribution < 1.29 is 4.79 Å². The number of nitrogens with zero attached hydrogens (tertiary/aromatic N) is 2. The molecule has 0 saturated heterocycles. The Labute approximate surface area is 154 Å². The molecule has 0 radical (unpaired) electrons. The fraction of sp³-hybridized carbons (Fsp3) is 0. The molecule has 0 aliphatic carbocycles. The third kappa shape index (κ3) is 4.32. The van der Waals surface area contributed by atoms with E-state index in [0.29, 0.717) is 26.2 Å². The predicted octanol–water partition coefficient (Wildman–Crippen LogP) is 4.85. The van der Waals surface area contributed by atoms with Crippen LogP contribution in [0, 0.1) is 11.3 Å². The van der Waals surface area contributed by atoms with E-state index >= 15 is 0 Å². The molecule has 0 fully saturated rings. The number of anilines is 1. The summed E-state index contributed by atoms with van der Waals surface area (Å²) >= 11 is 7.06. The molecule has 1 N–H and O–H groups in total. The zero-order valence-electron chi connectivity index (χ0n) is 12.9.